The number of carbonyl (C=O) groups is 1. The van der Waals surface area contributed by atoms with Gasteiger partial charge in [-0.25, -0.2) is 4.79 Å². The minimum absolute atomic E-state index is 0.226. The summed E-state index contributed by atoms with van der Waals surface area (Å²) >= 11 is 0. The lowest BCUT2D eigenvalue weighted by Gasteiger charge is -2.49. The summed E-state index contributed by atoms with van der Waals surface area (Å²) < 4.78 is 0. The maximum absolute atomic E-state index is 10.9. The zero-order valence-corrected chi connectivity index (χ0v) is 17.1. The Morgan fingerprint density at radius 3 is 1.77 bits per heavy atom. The fraction of sp³-hybridized carbons (Fsp3) is 0.370. The number of hydrogen-bond acceptors (Lipinski definition) is 2. The highest BCUT2D eigenvalue weighted by atomic mass is 16.4. The van der Waals surface area contributed by atoms with Gasteiger partial charge in [0.25, 0.3) is 0 Å². The van der Waals surface area contributed by atoms with Crippen molar-refractivity contribution < 1.29 is 15.0 Å². The second-order valence-corrected chi connectivity index (χ2v) is 9.51. The molecule has 0 aromatic heterocycles. The number of carboxylic acid groups (broad SMARTS) is 1. The first-order valence-corrected chi connectivity index (χ1v) is 11.1. The molecular weight excluding hydrogens is 372 g/mol. The molecule has 3 nitrogen and oxygen atoms in total. The van der Waals surface area contributed by atoms with E-state index in [1.54, 1.807) is 74.9 Å². The van der Waals surface area contributed by atoms with Gasteiger partial charge in [-0.15, -0.1) is 0 Å². The Balaban J connectivity index is 0.000000159. The van der Waals surface area contributed by atoms with Crippen LogP contribution < -0.4 is 0 Å². The summed E-state index contributed by atoms with van der Waals surface area (Å²) in [7, 11) is 0. The Morgan fingerprint density at radius 2 is 1.20 bits per heavy atom. The normalized spacial score (nSPS) is 26.3. The molecule has 0 aliphatic heterocycles. The lowest BCUT2D eigenvalue weighted by molar-refractivity contribution is 0.0198. The number of phenols is 1. The van der Waals surface area contributed by atoms with Crippen molar-refractivity contribution >= 4 is 16.7 Å². The van der Waals surface area contributed by atoms with Crippen molar-refractivity contribution in [2.45, 2.75) is 38.5 Å². The maximum Gasteiger partial charge on any atom is 0.335 e. The first kappa shape index (κ1) is 19.2. The number of rotatable bonds is 2. The van der Waals surface area contributed by atoms with Crippen molar-refractivity contribution in [1.82, 2.24) is 0 Å². The molecule has 4 saturated carbocycles. The van der Waals surface area contributed by atoms with Gasteiger partial charge in [-0.2, -0.15) is 0 Å². The van der Waals surface area contributed by atoms with Crippen molar-refractivity contribution in [3.05, 3.63) is 66.2 Å². The van der Waals surface area contributed by atoms with Gasteiger partial charge in [0.15, 0.2) is 0 Å². The Bertz CT molecular complexity index is 1030. The molecule has 3 heteroatoms. The Kier molecular flexibility index (Phi) is 4.98. The fourth-order valence-electron chi connectivity index (χ4n) is 6.23. The molecule has 0 saturated heterocycles. The summed E-state index contributed by atoms with van der Waals surface area (Å²) in [6, 6.07) is 17.9. The first-order chi connectivity index (χ1) is 14.5. The van der Waals surface area contributed by atoms with Crippen molar-refractivity contribution in [1.29, 1.82) is 0 Å². The van der Waals surface area contributed by atoms with E-state index in [-0.39, 0.29) is 11.3 Å². The average molecular weight is 401 g/mol. The van der Waals surface area contributed by atoms with Crippen LogP contribution in [0.25, 0.3) is 21.9 Å². The lowest BCUT2D eigenvalue weighted by Crippen LogP contribution is -2.38. The molecule has 3 aromatic carbocycles. The van der Waals surface area contributed by atoms with Crippen LogP contribution in [0.1, 0.15) is 48.9 Å². The van der Waals surface area contributed by atoms with E-state index in [1.165, 1.54) is 23.7 Å². The number of hydrogen-bond donors (Lipinski definition) is 2. The molecule has 0 atom stereocenters. The molecule has 4 bridgehead atoms. The van der Waals surface area contributed by atoms with Crippen molar-refractivity contribution in [2.24, 2.45) is 23.7 Å². The minimum atomic E-state index is -0.927. The highest BCUT2D eigenvalue weighted by Gasteiger charge is 2.41. The van der Waals surface area contributed by atoms with E-state index in [1.807, 2.05) is 24.3 Å². The van der Waals surface area contributed by atoms with E-state index in [9.17, 15) is 9.90 Å². The van der Waals surface area contributed by atoms with Crippen molar-refractivity contribution in [2.75, 3.05) is 0 Å². The van der Waals surface area contributed by atoms with Crippen LogP contribution in [0.15, 0.2) is 60.7 Å². The van der Waals surface area contributed by atoms with E-state index in [2.05, 4.69) is 0 Å². The number of phenolic OH excluding ortho intramolecular Hbond substituents is 1. The monoisotopic (exact) mass is 400 g/mol. The first-order valence-electron chi connectivity index (χ1n) is 11.1. The Hall–Kier alpha value is -2.81. The molecular formula is C27H28O3. The molecule has 0 amide bonds. The number of aromatic hydroxyl groups is 1. The summed E-state index contributed by atoms with van der Waals surface area (Å²) in [4.78, 5) is 10.9. The van der Waals surface area contributed by atoms with Crippen LogP contribution in [0.5, 0.6) is 5.75 Å². The third kappa shape index (κ3) is 3.94. The van der Waals surface area contributed by atoms with Gasteiger partial charge in [0.1, 0.15) is 5.75 Å². The predicted octanol–water partition coefficient (Wildman–Crippen LogP) is 6.74. The maximum atomic E-state index is 10.9. The standard InChI is InChI=1S/C17H12O3.C10H16/c18-16-3-1-2-11(10-16)12-4-5-14-9-15(17(19)20)7-6-13(14)8-12;1-7-2-9-4-8(1)5-10(3-7)6-9/h1-10,18H,(H,19,20);7-10H,1-6H2. The second kappa shape index (κ2) is 7.79. The van der Waals surface area contributed by atoms with Crippen LogP contribution in [0.2, 0.25) is 0 Å². The number of fused-ring (bicyclic) bond motifs is 1. The zero-order chi connectivity index (χ0) is 20.7. The highest BCUT2D eigenvalue weighted by Crippen LogP contribution is 2.53. The van der Waals surface area contributed by atoms with Gasteiger partial charge in [0.05, 0.1) is 5.56 Å². The molecule has 30 heavy (non-hydrogen) atoms. The highest BCUT2D eigenvalue weighted by molar-refractivity contribution is 5.95. The number of benzene rings is 3. The summed E-state index contributed by atoms with van der Waals surface area (Å²) in [6.45, 7) is 0. The van der Waals surface area contributed by atoms with Gasteiger partial charge < -0.3 is 10.2 Å². The quantitative estimate of drug-likeness (QED) is 0.500. The Labute approximate surface area is 177 Å². The van der Waals surface area contributed by atoms with E-state index in [4.69, 9.17) is 5.11 Å². The Morgan fingerprint density at radius 1 is 0.667 bits per heavy atom. The molecule has 4 aliphatic carbocycles. The fourth-order valence-corrected chi connectivity index (χ4v) is 6.23. The molecule has 154 valence electrons. The largest absolute Gasteiger partial charge is 0.508 e. The van der Waals surface area contributed by atoms with E-state index in [0.29, 0.717) is 0 Å². The van der Waals surface area contributed by atoms with Crippen molar-refractivity contribution in [3.63, 3.8) is 0 Å². The molecule has 0 heterocycles. The molecule has 4 fully saturated rings. The molecule has 0 unspecified atom stereocenters. The van der Waals surface area contributed by atoms with Crippen LogP contribution in [-0.4, -0.2) is 16.2 Å². The summed E-state index contributed by atoms with van der Waals surface area (Å²) in [5, 5.41) is 20.4. The van der Waals surface area contributed by atoms with Gasteiger partial charge in [-0.1, -0.05) is 30.3 Å². The number of carboxylic acids is 1. The van der Waals surface area contributed by atoms with Gasteiger partial charge in [0.2, 0.25) is 0 Å². The average Bonchev–Trinajstić information content (AvgIpc) is 2.72. The van der Waals surface area contributed by atoms with Crippen LogP contribution in [0, 0.1) is 23.7 Å². The molecule has 4 aliphatic rings. The van der Waals surface area contributed by atoms with Gasteiger partial charge >= 0.3 is 5.97 Å². The second-order valence-electron chi connectivity index (χ2n) is 9.51. The molecule has 7 rings (SSSR count). The SMILES string of the molecule is C1C2CC3CC1CC(C2)C3.O=C(O)c1ccc2cc(-c3cccc(O)c3)ccc2c1. The summed E-state index contributed by atoms with van der Waals surface area (Å²) in [6.07, 6.45) is 9.62. The third-order valence-electron chi connectivity index (χ3n) is 7.27. The van der Waals surface area contributed by atoms with Gasteiger partial charge in [-0.05, 0) is 114 Å². The van der Waals surface area contributed by atoms with Gasteiger partial charge in [-0.3, -0.25) is 0 Å². The third-order valence-corrected chi connectivity index (χ3v) is 7.27. The van der Waals surface area contributed by atoms with Crippen molar-refractivity contribution in [3.8, 4) is 16.9 Å². The molecule has 0 radical (unpaired) electrons. The van der Waals surface area contributed by atoms with Crippen LogP contribution in [0.3, 0.4) is 0 Å². The van der Waals surface area contributed by atoms with Crippen LogP contribution in [-0.2, 0) is 0 Å². The van der Waals surface area contributed by atoms with E-state index >= 15 is 0 Å². The minimum Gasteiger partial charge on any atom is -0.508 e. The van der Waals surface area contributed by atoms with E-state index in [0.717, 1.165) is 21.9 Å². The topological polar surface area (TPSA) is 57.5 Å². The van der Waals surface area contributed by atoms with E-state index < -0.39 is 5.97 Å². The molecule has 3 aromatic rings. The zero-order valence-electron chi connectivity index (χ0n) is 17.1. The summed E-state index contributed by atoms with van der Waals surface area (Å²) in [5.74, 6) is 4.01. The molecule has 0 spiro atoms. The van der Waals surface area contributed by atoms with Crippen LogP contribution >= 0.6 is 0 Å². The van der Waals surface area contributed by atoms with Gasteiger partial charge in [0, 0.05) is 0 Å². The lowest BCUT2D eigenvalue weighted by atomic mass is 9.56. The number of aromatic carboxylic acids is 1. The smallest absolute Gasteiger partial charge is 0.335 e. The van der Waals surface area contributed by atoms with Crippen LogP contribution in [0.4, 0.5) is 0 Å². The molecule has 2 N–H and O–H groups in total. The predicted molar refractivity (Wildman–Crippen MR) is 120 cm³/mol. The summed E-state index contributed by atoms with van der Waals surface area (Å²) in [5.41, 5.74) is 2.19.